The van der Waals surface area contributed by atoms with E-state index in [1.165, 1.54) is 75.5 Å². The zero-order valence-electron chi connectivity index (χ0n) is 15.7. The molecule has 1 heterocycles. The second-order valence-electron chi connectivity index (χ2n) is 7.08. The molecule has 24 heavy (non-hydrogen) atoms. The minimum absolute atomic E-state index is 1.13. The molecular weight excluding hydrogens is 292 g/mol. The van der Waals surface area contributed by atoms with Crippen LogP contribution in [0.1, 0.15) is 76.7 Å². The molecule has 0 N–H and O–H groups in total. The second-order valence-corrected chi connectivity index (χ2v) is 7.08. The van der Waals surface area contributed by atoms with Gasteiger partial charge >= 0.3 is 0 Å². The fraction of sp³-hybridized carbons (Fsp3) is 0.591. The summed E-state index contributed by atoms with van der Waals surface area (Å²) < 4.78 is 4.51. The van der Waals surface area contributed by atoms with Gasteiger partial charge in [-0.2, -0.15) is 0 Å². The van der Waals surface area contributed by atoms with E-state index in [1.54, 1.807) is 0 Å². The highest BCUT2D eigenvalue weighted by molar-refractivity contribution is 5.33. The van der Waals surface area contributed by atoms with Gasteiger partial charge in [0.05, 0.1) is 6.54 Å². The van der Waals surface area contributed by atoms with E-state index in [0.717, 1.165) is 6.54 Å². The number of benzene rings is 1. The van der Waals surface area contributed by atoms with Gasteiger partial charge in [0.1, 0.15) is 18.1 Å². The monoisotopic (exact) mass is 327 g/mol. The second kappa shape index (κ2) is 11.1. The van der Waals surface area contributed by atoms with E-state index in [9.17, 15) is 0 Å². The van der Waals surface area contributed by atoms with E-state index < -0.39 is 0 Å². The third kappa shape index (κ3) is 6.90. The summed E-state index contributed by atoms with van der Waals surface area (Å²) in [7, 11) is 0. The fourth-order valence-corrected chi connectivity index (χ4v) is 3.18. The molecule has 0 aliphatic rings. The van der Waals surface area contributed by atoms with Crippen LogP contribution in [-0.2, 0) is 6.54 Å². The highest BCUT2D eigenvalue weighted by Gasteiger charge is 2.05. The lowest BCUT2D eigenvalue weighted by Crippen LogP contribution is -2.30. The maximum Gasteiger partial charge on any atom is 0.248 e. The molecule has 0 aliphatic carbocycles. The van der Waals surface area contributed by atoms with Crippen LogP contribution in [0.4, 0.5) is 0 Å². The van der Waals surface area contributed by atoms with Crippen molar-refractivity contribution in [2.24, 2.45) is 0 Å². The number of hydrogen-bond acceptors (Lipinski definition) is 0. The first-order valence-corrected chi connectivity index (χ1v) is 9.93. The lowest BCUT2D eigenvalue weighted by Gasteiger charge is -2.01. The van der Waals surface area contributed by atoms with E-state index in [-0.39, 0.29) is 0 Å². The lowest BCUT2D eigenvalue weighted by atomic mass is 10.1. The van der Waals surface area contributed by atoms with Gasteiger partial charge < -0.3 is 0 Å². The average molecular weight is 328 g/mol. The third-order valence-electron chi connectivity index (χ3n) is 4.79. The standard InChI is InChI=1S/C22H35N2/c1-3-4-5-6-7-8-9-10-11-12-17-23-18-19-24(20-23)22-15-13-21(2)14-16-22/h13-16,18-20H,3-12,17H2,1-2H3/q+1. The molecule has 1 aromatic carbocycles. The predicted octanol–water partition coefficient (Wildman–Crippen LogP) is 5.99. The molecule has 0 radical (unpaired) electrons. The number of aromatic nitrogens is 2. The fourth-order valence-electron chi connectivity index (χ4n) is 3.18. The van der Waals surface area contributed by atoms with Crippen LogP contribution in [0.15, 0.2) is 43.0 Å². The molecule has 2 nitrogen and oxygen atoms in total. The minimum atomic E-state index is 1.13. The van der Waals surface area contributed by atoms with Gasteiger partial charge in [0.15, 0.2) is 0 Å². The van der Waals surface area contributed by atoms with Gasteiger partial charge in [-0.1, -0.05) is 76.0 Å². The Labute approximate surface area is 148 Å². The maximum atomic E-state index is 2.31. The van der Waals surface area contributed by atoms with E-state index in [2.05, 4.69) is 66.0 Å². The lowest BCUT2D eigenvalue weighted by molar-refractivity contribution is -0.696. The molecular formula is C22H35N2+. The van der Waals surface area contributed by atoms with Crippen LogP contribution in [0.5, 0.6) is 0 Å². The van der Waals surface area contributed by atoms with Crippen LogP contribution >= 0.6 is 0 Å². The van der Waals surface area contributed by atoms with Gasteiger partial charge in [-0.25, -0.2) is 9.13 Å². The van der Waals surface area contributed by atoms with Crippen molar-refractivity contribution in [2.75, 3.05) is 0 Å². The van der Waals surface area contributed by atoms with Crippen LogP contribution in [0.2, 0.25) is 0 Å². The quantitative estimate of drug-likeness (QED) is 0.334. The highest BCUT2D eigenvalue weighted by atomic mass is 15.1. The van der Waals surface area contributed by atoms with Crippen LogP contribution in [0.25, 0.3) is 5.69 Å². The van der Waals surface area contributed by atoms with Crippen molar-refractivity contribution in [1.82, 2.24) is 4.57 Å². The number of rotatable bonds is 12. The number of nitrogens with zero attached hydrogens (tertiary/aromatic N) is 2. The van der Waals surface area contributed by atoms with Crippen LogP contribution < -0.4 is 4.57 Å². The summed E-state index contributed by atoms with van der Waals surface area (Å²) in [5.74, 6) is 0. The normalized spacial score (nSPS) is 11.1. The smallest absolute Gasteiger partial charge is 0.236 e. The van der Waals surface area contributed by atoms with Crippen molar-refractivity contribution >= 4 is 0 Å². The summed E-state index contributed by atoms with van der Waals surface area (Å²) in [4.78, 5) is 0. The van der Waals surface area contributed by atoms with Gasteiger partial charge in [0, 0.05) is 0 Å². The number of imidazole rings is 1. The van der Waals surface area contributed by atoms with E-state index in [0.29, 0.717) is 0 Å². The Hall–Kier alpha value is -1.57. The van der Waals surface area contributed by atoms with Crippen LogP contribution in [-0.4, -0.2) is 4.57 Å². The van der Waals surface area contributed by atoms with E-state index >= 15 is 0 Å². The molecule has 0 unspecified atom stereocenters. The van der Waals surface area contributed by atoms with Gasteiger partial charge in [0.25, 0.3) is 0 Å². The molecule has 132 valence electrons. The molecule has 0 saturated heterocycles. The Morgan fingerprint density at radius 2 is 1.38 bits per heavy atom. The molecule has 0 fully saturated rings. The SMILES string of the molecule is CCCCCCCCCCCC[n+]1ccn(-c2ccc(C)cc2)c1. The van der Waals surface area contributed by atoms with Crippen molar-refractivity contribution in [3.63, 3.8) is 0 Å². The summed E-state index contributed by atoms with van der Waals surface area (Å²) in [6.07, 6.45) is 20.5. The Morgan fingerprint density at radius 1 is 0.792 bits per heavy atom. The summed E-state index contributed by atoms with van der Waals surface area (Å²) >= 11 is 0. The van der Waals surface area contributed by atoms with Crippen molar-refractivity contribution in [3.05, 3.63) is 48.5 Å². The zero-order chi connectivity index (χ0) is 17.0. The highest BCUT2D eigenvalue weighted by Crippen LogP contribution is 2.11. The number of aryl methyl sites for hydroxylation is 2. The van der Waals surface area contributed by atoms with Crippen molar-refractivity contribution in [2.45, 2.75) is 84.6 Å². The summed E-state index contributed by atoms with van der Waals surface area (Å²) in [6.45, 7) is 5.55. The third-order valence-corrected chi connectivity index (χ3v) is 4.79. The first kappa shape index (κ1) is 18.8. The number of unbranched alkanes of at least 4 members (excludes halogenated alkanes) is 9. The molecule has 0 bridgehead atoms. The maximum absolute atomic E-state index is 2.31. The predicted molar refractivity (Wildman–Crippen MR) is 103 cm³/mol. The average Bonchev–Trinajstić information content (AvgIpc) is 3.06. The first-order chi connectivity index (χ1) is 11.8. The summed E-state index contributed by atoms with van der Waals surface area (Å²) in [5.41, 5.74) is 2.55. The van der Waals surface area contributed by atoms with Crippen molar-refractivity contribution in [1.29, 1.82) is 0 Å². The number of hydrogen-bond donors (Lipinski definition) is 0. The Morgan fingerprint density at radius 3 is 2.00 bits per heavy atom. The Bertz CT molecular complexity index is 554. The van der Waals surface area contributed by atoms with Crippen molar-refractivity contribution in [3.8, 4) is 5.69 Å². The molecule has 0 amide bonds. The Balaban J connectivity index is 1.56. The van der Waals surface area contributed by atoms with Gasteiger partial charge in [-0.05, 0) is 31.9 Å². The van der Waals surface area contributed by atoms with Crippen LogP contribution in [0, 0.1) is 6.92 Å². The van der Waals surface area contributed by atoms with Gasteiger partial charge in [0.2, 0.25) is 6.33 Å². The minimum Gasteiger partial charge on any atom is -0.236 e. The summed E-state index contributed by atoms with van der Waals surface area (Å²) in [5, 5.41) is 0. The molecule has 2 heteroatoms. The topological polar surface area (TPSA) is 8.81 Å². The molecule has 1 aromatic heterocycles. The molecule has 0 aliphatic heterocycles. The molecule has 0 saturated carbocycles. The molecule has 2 rings (SSSR count). The van der Waals surface area contributed by atoms with Gasteiger partial charge in [-0.15, -0.1) is 0 Å². The largest absolute Gasteiger partial charge is 0.248 e. The molecule has 2 aromatic rings. The van der Waals surface area contributed by atoms with Crippen LogP contribution in [0.3, 0.4) is 0 Å². The van der Waals surface area contributed by atoms with E-state index in [4.69, 9.17) is 0 Å². The zero-order valence-corrected chi connectivity index (χ0v) is 15.7. The first-order valence-electron chi connectivity index (χ1n) is 9.93. The molecule has 0 atom stereocenters. The molecule has 0 spiro atoms. The van der Waals surface area contributed by atoms with E-state index in [1.807, 2.05) is 0 Å². The van der Waals surface area contributed by atoms with Crippen molar-refractivity contribution < 1.29 is 4.57 Å². The van der Waals surface area contributed by atoms with Gasteiger partial charge in [-0.3, -0.25) is 0 Å². The Kier molecular flexibility index (Phi) is 8.65. The summed E-state index contributed by atoms with van der Waals surface area (Å²) in [6, 6.07) is 8.70.